The molecule has 1 heterocycles. The maximum atomic E-state index is 11.3. The molecular formula is C9H17N3O2. The van der Waals surface area contributed by atoms with E-state index in [1.54, 1.807) is 0 Å². The second-order valence-electron chi connectivity index (χ2n) is 2.57. The number of aromatic nitrogens is 3. The van der Waals surface area contributed by atoms with E-state index in [1.807, 2.05) is 20.8 Å². The van der Waals surface area contributed by atoms with E-state index in [0.29, 0.717) is 12.1 Å². The molecule has 5 nitrogen and oxygen atoms in total. The van der Waals surface area contributed by atoms with E-state index in [4.69, 9.17) is 0 Å². The summed E-state index contributed by atoms with van der Waals surface area (Å²) in [6.07, 6.45) is 0.542. The first kappa shape index (κ1) is 12.6. The van der Waals surface area contributed by atoms with Crippen LogP contribution in [0.4, 0.5) is 0 Å². The van der Waals surface area contributed by atoms with E-state index in [1.165, 1.54) is 18.8 Å². The lowest BCUT2D eigenvalue weighted by molar-refractivity contribution is 0.578. The molecule has 1 rings (SSSR count). The molecule has 14 heavy (non-hydrogen) atoms. The molecule has 0 atom stereocenters. The predicted octanol–water partition coefficient (Wildman–Crippen LogP) is 0.0676. The minimum atomic E-state index is -0.391. The molecule has 0 spiro atoms. The summed E-state index contributed by atoms with van der Waals surface area (Å²) < 4.78 is 2.23. The van der Waals surface area contributed by atoms with Gasteiger partial charge in [0.15, 0.2) is 0 Å². The van der Waals surface area contributed by atoms with Gasteiger partial charge in [-0.2, -0.15) is 5.10 Å². The zero-order valence-electron chi connectivity index (χ0n) is 9.37. The fraction of sp³-hybridized carbons (Fsp3) is 0.667. The molecule has 0 saturated carbocycles. The Hall–Kier alpha value is -1.39. The highest BCUT2D eigenvalue weighted by molar-refractivity contribution is 4.93. The Kier molecular flexibility index (Phi) is 4.83. The minimum Gasteiger partial charge on any atom is -0.267 e. The Morgan fingerprint density at radius 1 is 1.21 bits per heavy atom. The van der Waals surface area contributed by atoms with Gasteiger partial charge in [0, 0.05) is 14.1 Å². The van der Waals surface area contributed by atoms with Crippen LogP contribution in [0.1, 0.15) is 26.5 Å². The van der Waals surface area contributed by atoms with Crippen molar-refractivity contribution in [3.63, 3.8) is 0 Å². The van der Waals surface area contributed by atoms with Crippen LogP contribution in [0.5, 0.6) is 0 Å². The van der Waals surface area contributed by atoms with Crippen molar-refractivity contribution in [2.75, 3.05) is 0 Å². The maximum Gasteiger partial charge on any atom is 0.346 e. The van der Waals surface area contributed by atoms with Crippen molar-refractivity contribution in [1.29, 1.82) is 0 Å². The number of aryl methyl sites for hydroxylation is 2. The fourth-order valence-corrected chi connectivity index (χ4v) is 0.986. The molecule has 0 saturated heterocycles. The molecule has 0 radical (unpaired) electrons. The smallest absolute Gasteiger partial charge is 0.267 e. The van der Waals surface area contributed by atoms with Gasteiger partial charge < -0.3 is 0 Å². The van der Waals surface area contributed by atoms with Crippen LogP contribution in [0.3, 0.4) is 0 Å². The summed E-state index contributed by atoms with van der Waals surface area (Å²) in [5, 5.41) is 3.82. The molecular weight excluding hydrogens is 182 g/mol. The summed E-state index contributed by atoms with van der Waals surface area (Å²) in [6, 6.07) is 0. The Labute approximate surface area is 83.0 Å². The molecule has 0 aliphatic carbocycles. The van der Waals surface area contributed by atoms with E-state index >= 15 is 0 Å². The zero-order valence-corrected chi connectivity index (χ0v) is 9.37. The minimum absolute atomic E-state index is 0.305. The second-order valence-corrected chi connectivity index (χ2v) is 2.57. The first-order chi connectivity index (χ1) is 6.57. The lowest BCUT2D eigenvalue weighted by Crippen LogP contribution is -2.40. The highest BCUT2D eigenvalue weighted by atomic mass is 16.2. The van der Waals surface area contributed by atoms with E-state index in [0.717, 1.165) is 4.57 Å². The largest absolute Gasteiger partial charge is 0.346 e. The molecule has 5 heteroatoms. The number of rotatable bonds is 1. The SMILES string of the molecule is CC.CCc1nn(C)c(=O)n(C)c1=O. The van der Waals surface area contributed by atoms with Crippen LogP contribution < -0.4 is 11.2 Å². The summed E-state index contributed by atoms with van der Waals surface area (Å²) in [7, 11) is 2.98. The topological polar surface area (TPSA) is 56.9 Å². The zero-order chi connectivity index (χ0) is 11.3. The summed E-state index contributed by atoms with van der Waals surface area (Å²) in [5.41, 5.74) is -0.280. The predicted molar refractivity (Wildman–Crippen MR) is 55.4 cm³/mol. The highest BCUT2D eigenvalue weighted by Crippen LogP contribution is 1.80. The molecule has 0 N–H and O–H groups in total. The van der Waals surface area contributed by atoms with Gasteiger partial charge in [0.25, 0.3) is 5.56 Å². The molecule has 0 aliphatic heterocycles. The van der Waals surface area contributed by atoms with Gasteiger partial charge in [-0.05, 0) is 6.42 Å². The third-order valence-electron chi connectivity index (χ3n) is 1.72. The van der Waals surface area contributed by atoms with Gasteiger partial charge >= 0.3 is 5.69 Å². The molecule has 1 aromatic rings. The fourth-order valence-electron chi connectivity index (χ4n) is 0.986. The van der Waals surface area contributed by atoms with Gasteiger partial charge in [-0.3, -0.25) is 9.36 Å². The maximum absolute atomic E-state index is 11.3. The molecule has 1 aromatic heterocycles. The third kappa shape index (κ3) is 2.31. The molecule has 80 valence electrons. The lowest BCUT2D eigenvalue weighted by Gasteiger charge is -2.02. The number of nitrogens with zero attached hydrogens (tertiary/aromatic N) is 3. The van der Waals surface area contributed by atoms with Gasteiger partial charge in [-0.1, -0.05) is 20.8 Å². The summed E-state index contributed by atoms with van der Waals surface area (Å²) in [4.78, 5) is 22.4. The van der Waals surface area contributed by atoms with Crippen LogP contribution in [-0.4, -0.2) is 14.3 Å². The van der Waals surface area contributed by atoms with Gasteiger partial charge in [0.05, 0.1) is 0 Å². The third-order valence-corrected chi connectivity index (χ3v) is 1.72. The van der Waals surface area contributed by atoms with E-state index < -0.39 is 5.69 Å². The van der Waals surface area contributed by atoms with Crippen molar-refractivity contribution in [3.8, 4) is 0 Å². The van der Waals surface area contributed by atoms with E-state index in [-0.39, 0.29) is 5.56 Å². The van der Waals surface area contributed by atoms with Crippen LogP contribution in [0.2, 0.25) is 0 Å². The van der Waals surface area contributed by atoms with Gasteiger partial charge in [0.1, 0.15) is 5.69 Å². The summed E-state index contributed by atoms with van der Waals surface area (Å²) in [5.74, 6) is 0. The summed E-state index contributed by atoms with van der Waals surface area (Å²) >= 11 is 0. The van der Waals surface area contributed by atoms with Crippen molar-refractivity contribution in [2.45, 2.75) is 27.2 Å². The van der Waals surface area contributed by atoms with Crippen molar-refractivity contribution in [3.05, 3.63) is 26.5 Å². The monoisotopic (exact) mass is 199 g/mol. The van der Waals surface area contributed by atoms with Crippen molar-refractivity contribution in [2.24, 2.45) is 14.1 Å². The Balaban J connectivity index is 0.000000791. The van der Waals surface area contributed by atoms with Gasteiger partial charge in [0.2, 0.25) is 0 Å². The van der Waals surface area contributed by atoms with Crippen LogP contribution >= 0.6 is 0 Å². The van der Waals surface area contributed by atoms with Crippen LogP contribution in [0.25, 0.3) is 0 Å². The standard InChI is InChI=1S/C7H11N3O2.C2H6/c1-4-5-6(11)9(2)7(12)10(3)8-5;1-2/h4H2,1-3H3;1-2H3. The van der Waals surface area contributed by atoms with Crippen LogP contribution in [0, 0.1) is 0 Å². The molecule has 0 fully saturated rings. The average Bonchev–Trinajstić information content (AvgIpc) is 2.23. The molecule has 0 aliphatic rings. The molecule has 0 aromatic carbocycles. The van der Waals surface area contributed by atoms with Crippen molar-refractivity contribution in [1.82, 2.24) is 14.3 Å². The molecule has 0 bridgehead atoms. The molecule has 0 amide bonds. The number of hydrogen-bond acceptors (Lipinski definition) is 3. The van der Waals surface area contributed by atoms with Crippen LogP contribution in [-0.2, 0) is 20.5 Å². The Morgan fingerprint density at radius 2 is 1.71 bits per heavy atom. The van der Waals surface area contributed by atoms with E-state index in [2.05, 4.69) is 5.10 Å². The van der Waals surface area contributed by atoms with Gasteiger partial charge in [-0.15, -0.1) is 0 Å². The Bertz CT molecular complexity index is 403. The normalized spacial score (nSPS) is 9.21. The van der Waals surface area contributed by atoms with Gasteiger partial charge in [-0.25, -0.2) is 9.48 Å². The average molecular weight is 199 g/mol. The van der Waals surface area contributed by atoms with E-state index in [9.17, 15) is 9.59 Å². The lowest BCUT2D eigenvalue weighted by atomic mass is 10.4. The van der Waals surface area contributed by atoms with Crippen molar-refractivity contribution < 1.29 is 0 Å². The first-order valence-electron chi connectivity index (χ1n) is 4.71. The quantitative estimate of drug-likeness (QED) is 0.643. The summed E-state index contributed by atoms with van der Waals surface area (Å²) in [6.45, 7) is 5.83. The number of hydrogen-bond donors (Lipinski definition) is 0. The highest BCUT2D eigenvalue weighted by Gasteiger charge is 2.05. The molecule has 0 unspecified atom stereocenters. The van der Waals surface area contributed by atoms with Crippen LogP contribution in [0.15, 0.2) is 9.59 Å². The second kappa shape index (κ2) is 5.36. The first-order valence-corrected chi connectivity index (χ1v) is 4.71. The Morgan fingerprint density at radius 3 is 2.14 bits per heavy atom. The van der Waals surface area contributed by atoms with Crippen molar-refractivity contribution >= 4 is 0 Å².